The summed E-state index contributed by atoms with van der Waals surface area (Å²) in [6.45, 7) is 1.57. The molecule has 0 radical (unpaired) electrons. The first-order chi connectivity index (χ1) is 18.5. The first-order valence-electron chi connectivity index (χ1n) is 13.5. The predicted octanol–water partition coefficient (Wildman–Crippen LogP) is 2.87. The predicted molar refractivity (Wildman–Crippen MR) is 137 cm³/mol. The summed E-state index contributed by atoms with van der Waals surface area (Å²) in [5.41, 5.74) is 1.81. The fraction of sp³-hybridized carbons (Fsp3) is 0.517. The minimum atomic E-state index is -2.85. The van der Waals surface area contributed by atoms with Crippen molar-refractivity contribution in [3.8, 4) is 5.75 Å². The fourth-order valence-corrected chi connectivity index (χ4v) is 7.19. The Balaban J connectivity index is 1.74. The number of carbonyl (C=O) groups is 4. The topological polar surface area (TPSA) is 184 Å². The molecule has 5 atom stereocenters. The number of aliphatic hydroxyl groups is 3. The van der Waals surface area contributed by atoms with Crippen molar-refractivity contribution in [2.45, 2.75) is 75.9 Å². The van der Waals surface area contributed by atoms with Crippen LogP contribution in [0.1, 0.15) is 75.3 Å². The third-order valence-corrected chi connectivity index (χ3v) is 9.06. The van der Waals surface area contributed by atoms with Gasteiger partial charge < -0.3 is 30.9 Å². The van der Waals surface area contributed by atoms with Gasteiger partial charge in [0.25, 0.3) is 5.91 Å². The number of aromatic hydroxyl groups is 1. The Bertz CT molecular complexity index is 1320. The monoisotopic (exact) mass is 539 g/mol. The van der Waals surface area contributed by atoms with Crippen LogP contribution in [0.4, 0.5) is 0 Å². The summed E-state index contributed by atoms with van der Waals surface area (Å²) in [6.07, 6.45) is 3.78. The number of ether oxygens (including phenoxy) is 1. The molecule has 4 aliphatic carbocycles. The van der Waals surface area contributed by atoms with Gasteiger partial charge in [-0.2, -0.15) is 0 Å². The molecule has 10 heteroatoms. The minimum absolute atomic E-state index is 0.0293. The highest BCUT2D eigenvalue weighted by atomic mass is 16.5. The van der Waals surface area contributed by atoms with E-state index < -0.39 is 76.4 Å². The van der Waals surface area contributed by atoms with E-state index in [0.29, 0.717) is 17.9 Å². The highest BCUT2D eigenvalue weighted by Gasteiger charge is 2.66. The second-order valence-electron chi connectivity index (χ2n) is 11.1. The van der Waals surface area contributed by atoms with Crippen LogP contribution in [0, 0.1) is 17.8 Å². The highest BCUT2D eigenvalue weighted by Crippen LogP contribution is 2.57. The number of phenolic OH excluding ortho intramolecular Hbond substituents is 1. The summed E-state index contributed by atoms with van der Waals surface area (Å²) in [4.78, 5) is 51.7. The maximum absolute atomic E-state index is 14.1. The zero-order chi connectivity index (χ0) is 28.2. The third-order valence-electron chi connectivity index (χ3n) is 9.06. The molecule has 0 spiro atoms. The average molecular weight is 540 g/mol. The lowest BCUT2D eigenvalue weighted by Gasteiger charge is -2.52. The van der Waals surface area contributed by atoms with Crippen molar-refractivity contribution in [3.63, 3.8) is 0 Å². The van der Waals surface area contributed by atoms with Crippen molar-refractivity contribution in [2.75, 3.05) is 0 Å². The van der Waals surface area contributed by atoms with E-state index >= 15 is 0 Å². The molecule has 1 aromatic carbocycles. The van der Waals surface area contributed by atoms with Gasteiger partial charge in [0.15, 0.2) is 11.4 Å². The molecule has 1 aromatic rings. The Morgan fingerprint density at radius 2 is 1.79 bits per heavy atom. The van der Waals surface area contributed by atoms with E-state index in [2.05, 4.69) is 0 Å². The van der Waals surface area contributed by atoms with Crippen LogP contribution in [0.15, 0.2) is 35.1 Å². The smallest absolute Gasteiger partial charge is 0.305 e. The van der Waals surface area contributed by atoms with Crippen molar-refractivity contribution in [1.29, 1.82) is 0 Å². The summed E-state index contributed by atoms with van der Waals surface area (Å²) in [7, 11) is 0. The number of carbonyl (C=O) groups excluding carboxylic acids is 4. The van der Waals surface area contributed by atoms with Crippen LogP contribution in [0.3, 0.4) is 0 Å². The lowest BCUT2D eigenvalue weighted by atomic mass is 9.54. The molecule has 0 bridgehead atoms. The van der Waals surface area contributed by atoms with Crippen molar-refractivity contribution in [2.24, 2.45) is 23.5 Å². The molecule has 0 unspecified atom stereocenters. The average Bonchev–Trinajstić information content (AvgIpc) is 3.41. The number of amides is 1. The molecule has 4 aliphatic rings. The van der Waals surface area contributed by atoms with Gasteiger partial charge in [0, 0.05) is 30.3 Å². The summed E-state index contributed by atoms with van der Waals surface area (Å²) in [5.74, 6) is -8.53. The van der Waals surface area contributed by atoms with Crippen molar-refractivity contribution < 1.29 is 44.3 Å². The summed E-state index contributed by atoms with van der Waals surface area (Å²) < 4.78 is 5.82. The van der Waals surface area contributed by atoms with Crippen LogP contribution < -0.4 is 5.73 Å². The SMILES string of the molecule is CCC(=O)O[C@H]1[C@H]2C(=C(O)c3c(O)cccc3[C@@H]2CCC2CCCC2)C(=O)[C@]2(O)C(O)=C(C(N)=O)C(=O)C[C@H]12. The van der Waals surface area contributed by atoms with Gasteiger partial charge in [0.2, 0.25) is 5.78 Å². The lowest BCUT2D eigenvalue weighted by molar-refractivity contribution is -0.178. The number of rotatable bonds is 6. The molecule has 5 rings (SSSR count). The number of hydrogen-bond donors (Lipinski definition) is 5. The number of esters is 1. The second-order valence-corrected chi connectivity index (χ2v) is 11.1. The number of fused-ring (bicyclic) bond motifs is 3. The van der Waals surface area contributed by atoms with Gasteiger partial charge in [-0.1, -0.05) is 44.7 Å². The van der Waals surface area contributed by atoms with Crippen LogP contribution in [0.25, 0.3) is 5.76 Å². The van der Waals surface area contributed by atoms with E-state index in [1.165, 1.54) is 6.07 Å². The molecule has 2 saturated carbocycles. The summed E-state index contributed by atoms with van der Waals surface area (Å²) in [6, 6.07) is 4.73. The van der Waals surface area contributed by atoms with Gasteiger partial charge in [-0.3, -0.25) is 19.2 Å². The second kappa shape index (κ2) is 9.82. The molecular weight excluding hydrogens is 506 g/mol. The number of benzene rings is 1. The minimum Gasteiger partial charge on any atom is -0.508 e. The van der Waals surface area contributed by atoms with Gasteiger partial charge in [0.1, 0.15) is 28.9 Å². The van der Waals surface area contributed by atoms with E-state index in [9.17, 15) is 39.6 Å². The van der Waals surface area contributed by atoms with Crippen molar-refractivity contribution in [3.05, 3.63) is 46.2 Å². The van der Waals surface area contributed by atoms with Crippen LogP contribution in [-0.2, 0) is 23.9 Å². The molecule has 2 fully saturated rings. The van der Waals surface area contributed by atoms with E-state index in [1.54, 1.807) is 19.1 Å². The maximum atomic E-state index is 14.1. The standard InChI is InChI=1S/C29H33NO9/c1-2-19(33)39-25-16-12-18(32)22(28(30)37)26(35)29(16,38)27(36)23-21(25)15(11-10-13-6-3-4-7-13)14-8-5-9-17(31)20(14)24(23)34/h5,8-9,13,15-16,21,25,31,34-35,38H,2-4,6-7,10-12H2,1H3,(H2,30,37)/t15-,16+,21+,25+,29+/m0/s1. The van der Waals surface area contributed by atoms with Crippen LogP contribution in [0.2, 0.25) is 0 Å². The number of ketones is 2. The quantitative estimate of drug-likeness (QED) is 0.268. The molecule has 0 aliphatic heterocycles. The Morgan fingerprint density at radius 3 is 2.44 bits per heavy atom. The molecule has 0 aromatic heterocycles. The van der Waals surface area contributed by atoms with Crippen LogP contribution >= 0.6 is 0 Å². The zero-order valence-corrected chi connectivity index (χ0v) is 21.7. The van der Waals surface area contributed by atoms with Gasteiger partial charge in [-0.15, -0.1) is 0 Å². The molecule has 0 heterocycles. The summed E-state index contributed by atoms with van der Waals surface area (Å²) in [5, 5.41) is 44.9. The van der Waals surface area contributed by atoms with E-state index in [1.807, 2.05) is 0 Å². The largest absolute Gasteiger partial charge is 0.508 e. The molecule has 208 valence electrons. The zero-order valence-electron chi connectivity index (χ0n) is 21.7. The Morgan fingerprint density at radius 1 is 1.10 bits per heavy atom. The van der Waals surface area contributed by atoms with Crippen LogP contribution in [0.5, 0.6) is 5.75 Å². The first-order valence-corrected chi connectivity index (χ1v) is 13.5. The molecule has 0 saturated heterocycles. The Labute approximate surface area is 225 Å². The molecule has 6 N–H and O–H groups in total. The first kappa shape index (κ1) is 26.9. The number of aliphatic hydroxyl groups excluding tert-OH is 2. The summed E-state index contributed by atoms with van der Waals surface area (Å²) >= 11 is 0. The number of primary amides is 1. The Kier molecular flexibility index (Phi) is 6.78. The van der Waals surface area contributed by atoms with Crippen molar-refractivity contribution >= 4 is 29.2 Å². The highest BCUT2D eigenvalue weighted by molar-refractivity contribution is 6.23. The molecule has 1 amide bonds. The number of nitrogens with two attached hydrogens (primary N) is 1. The van der Waals surface area contributed by atoms with E-state index in [-0.39, 0.29) is 23.3 Å². The molecule has 39 heavy (non-hydrogen) atoms. The van der Waals surface area contributed by atoms with E-state index in [4.69, 9.17) is 10.5 Å². The van der Waals surface area contributed by atoms with Crippen molar-refractivity contribution in [1.82, 2.24) is 0 Å². The molecule has 10 nitrogen and oxygen atoms in total. The van der Waals surface area contributed by atoms with E-state index in [0.717, 1.165) is 32.1 Å². The fourth-order valence-electron chi connectivity index (χ4n) is 7.19. The van der Waals surface area contributed by atoms with Crippen LogP contribution in [-0.4, -0.2) is 55.6 Å². The van der Waals surface area contributed by atoms with Gasteiger partial charge in [0.05, 0.1) is 5.56 Å². The molecular formula is C29H33NO9. The number of hydrogen-bond acceptors (Lipinski definition) is 9. The maximum Gasteiger partial charge on any atom is 0.305 e. The normalized spacial score (nSPS) is 30.6. The Hall–Kier alpha value is -3.66. The lowest BCUT2D eigenvalue weighted by Crippen LogP contribution is -2.64. The van der Waals surface area contributed by atoms with Gasteiger partial charge >= 0.3 is 5.97 Å². The van der Waals surface area contributed by atoms with Gasteiger partial charge in [-0.05, 0) is 36.3 Å². The number of Topliss-reactive ketones (excluding diaryl/α,β-unsaturated/α-hetero) is 2. The number of phenols is 1. The van der Waals surface area contributed by atoms with Gasteiger partial charge in [-0.25, -0.2) is 0 Å². The third kappa shape index (κ3) is 4.04.